The summed E-state index contributed by atoms with van der Waals surface area (Å²) in [5, 5.41) is 11.7. The summed E-state index contributed by atoms with van der Waals surface area (Å²) in [4.78, 5) is 23.3. The zero-order valence-electron chi connectivity index (χ0n) is 12.0. The van der Waals surface area contributed by atoms with Crippen LogP contribution in [0.15, 0.2) is 34.9 Å². The Morgan fingerprint density at radius 3 is 2.48 bits per heavy atom. The third kappa shape index (κ3) is 3.53. The minimum Gasteiger partial charge on any atom is -0.318 e. The molecule has 5 heteroatoms. The standard InChI is InChI=1S/C16H16N2O2S/c1-3-11-4-6-12(7-5-11)8-14-15(20)18-16(21-14)13(9-17)10(2)19/h4-7,14H,3,8H2,1-2H3,(H,18,20)/b16-13-/t14-/m0/s1. The summed E-state index contributed by atoms with van der Waals surface area (Å²) < 4.78 is 0. The van der Waals surface area contributed by atoms with Gasteiger partial charge in [-0.05, 0) is 30.9 Å². The first-order valence-corrected chi connectivity index (χ1v) is 7.63. The Bertz CT molecular complexity index is 641. The summed E-state index contributed by atoms with van der Waals surface area (Å²) >= 11 is 1.26. The number of nitrogens with zero attached hydrogens (tertiary/aromatic N) is 1. The summed E-state index contributed by atoms with van der Waals surface area (Å²) in [5.41, 5.74) is 2.35. The molecule has 1 aliphatic heterocycles. The number of ketones is 1. The van der Waals surface area contributed by atoms with E-state index >= 15 is 0 Å². The minimum absolute atomic E-state index is 0.0252. The second-order valence-corrected chi connectivity index (χ2v) is 6.06. The Kier molecular flexibility index (Phi) is 4.81. The van der Waals surface area contributed by atoms with Crippen LogP contribution < -0.4 is 5.32 Å². The van der Waals surface area contributed by atoms with Gasteiger partial charge in [0, 0.05) is 0 Å². The Morgan fingerprint density at radius 1 is 1.33 bits per heavy atom. The fraction of sp³-hybridized carbons (Fsp3) is 0.312. The van der Waals surface area contributed by atoms with Crippen molar-refractivity contribution >= 4 is 23.5 Å². The van der Waals surface area contributed by atoms with Crippen molar-refractivity contribution in [2.75, 3.05) is 0 Å². The van der Waals surface area contributed by atoms with Crippen LogP contribution >= 0.6 is 11.8 Å². The monoisotopic (exact) mass is 300 g/mol. The van der Waals surface area contributed by atoms with Crippen LogP contribution in [0.2, 0.25) is 0 Å². The van der Waals surface area contributed by atoms with E-state index in [4.69, 9.17) is 5.26 Å². The van der Waals surface area contributed by atoms with E-state index in [2.05, 4.69) is 24.4 Å². The molecule has 1 saturated heterocycles. The molecule has 0 unspecified atom stereocenters. The van der Waals surface area contributed by atoms with Crippen LogP contribution in [0.4, 0.5) is 0 Å². The number of allylic oxidation sites excluding steroid dienone is 1. The Balaban J connectivity index is 2.13. The first kappa shape index (κ1) is 15.3. The second-order valence-electron chi connectivity index (χ2n) is 4.84. The number of hydrogen-bond donors (Lipinski definition) is 1. The van der Waals surface area contributed by atoms with Crippen LogP contribution in [0.3, 0.4) is 0 Å². The van der Waals surface area contributed by atoms with Crippen molar-refractivity contribution in [1.82, 2.24) is 5.32 Å². The Hall–Kier alpha value is -2.06. The first-order chi connectivity index (χ1) is 10.0. The highest BCUT2D eigenvalue weighted by atomic mass is 32.2. The number of rotatable bonds is 4. The molecule has 1 heterocycles. The van der Waals surface area contributed by atoms with Gasteiger partial charge in [-0.1, -0.05) is 43.0 Å². The molecular weight excluding hydrogens is 284 g/mol. The highest BCUT2D eigenvalue weighted by molar-refractivity contribution is 8.04. The number of carbonyl (C=O) groups excluding carboxylic acids is 2. The lowest BCUT2D eigenvalue weighted by Crippen LogP contribution is -2.24. The average molecular weight is 300 g/mol. The summed E-state index contributed by atoms with van der Waals surface area (Å²) in [6.07, 6.45) is 1.57. The molecular formula is C16H16N2O2S. The maximum absolute atomic E-state index is 12.0. The Labute approximate surface area is 128 Å². The van der Waals surface area contributed by atoms with Gasteiger partial charge in [0.2, 0.25) is 5.91 Å². The second kappa shape index (κ2) is 6.59. The lowest BCUT2D eigenvalue weighted by molar-refractivity contribution is -0.119. The molecule has 4 nitrogen and oxygen atoms in total. The van der Waals surface area contributed by atoms with Gasteiger partial charge >= 0.3 is 0 Å². The van der Waals surface area contributed by atoms with Crippen molar-refractivity contribution in [2.45, 2.75) is 31.9 Å². The number of aryl methyl sites for hydroxylation is 1. The molecule has 1 aromatic carbocycles. The lowest BCUT2D eigenvalue weighted by Gasteiger charge is -2.06. The predicted octanol–water partition coefficient (Wildman–Crippen LogP) is 2.35. The maximum atomic E-state index is 12.0. The Morgan fingerprint density at radius 2 is 1.95 bits per heavy atom. The molecule has 21 heavy (non-hydrogen) atoms. The molecule has 0 aromatic heterocycles. The molecule has 0 aliphatic carbocycles. The van der Waals surface area contributed by atoms with Gasteiger partial charge in [0.15, 0.2) is 5.78 Å². The molecule has 1 aliphatic rings. The van der Waals surface area contributed by atoms with Gasteiger partial charge in [0.25, 0.3) is 0 Å². The molecule has 0 saturated carbocycles. The topological polar surface area (TPSA) is 70.0 Å². The molecule has 1 N–H and O–H groups in total. The van der Waals surface area contributed by atoms with Gasteiger partial charge in [-0.2, -0.15) is 5.26 Å². The number of Topliss-reactive ketones (excluding diaryl/α,β-unsaturated/α-hetero) is 1. The van der Waals surface area contributed by atoms with Crippen LogP contribution in [-0.4, -0.2) is 16.9 Å². The highest BCUT2D eigenvalue weighted by Crippen LogP contribution is 2.31. The number of benzene rings is 1. The van der Waals surface area contributed by atoms with E-state index in [0.717, 1.165) is 12.0 Å². The van der Waals surface area contributed by atoms with Crippen molar-refractivity contribution in [3.8, 4) is 6.07 Å². The van der Waals surface area contributed by atoms with E-state index < -0.39 is 0 Å². The van der Waals surface area contributed by atoms with Crippen LogP contribution in [0, 0.1) is 11.3 Å². The summed E-state index contributed by atoms with van der Waals surface area (Å²) in [6, 6.07) is 10.0. The van der Waals surface area contributed by atoms with Gasteiger partial charge in [-0.15, -0.1) is 0 Å². The van der Waals surface area contributed by atoms with Crippen molar-refractivity contribution in [2.24, 2.45) is 0 Å². The van der Waals surface area contributed by atoms with E-state index in [9.17, 15) is 9.59 Å². The molecule has 1 amide bonds. The number of amides is 1. The average Bonchev–Trinajstić information content (AvgIpc) is 2.81. The summed E-state index contributed by atoms with van der Waals surface area (Å²) in [5.74, 6) is -0.475. The fourth-order valence-corrected chi connectivity index (χ4v) is 3.28. The van der Waals surface area contributed by atoms with Gasteiger partial charge < -0.3 is 5.32 Å². The normalized spacial score (nSPS) is 19.9. The van der Waals surface area contributed by atoms with E-state index in [1.807, 2.05) is 18.2 Å². The molecule has 0 spiro atoms. The van der Waals surface area contributed by atoms with E-state index in [-0.39, 0.29) is 22.5 Å². The summed E-state index contributed by atoms with van der Waals surface area (Å²) in [7, 11) is 0. The SMILES string of the molecule is CCc1ccc(C[C@@H]2S/C(=C(/C#N)C(C)=O)NC2=O)cc1. The molecule has 2 rings (SSSR count). The predicted molar refractivity (Wildman–Crippen MR) is 82.4 cm³/mol. The van der Waals surface area contributed by atoms with Crippen LogP contribution in [0.1, 0.15) is 25.0 Å². The molecule has 1 atom stereocenters. The van der Waals surface area contributed by atoms with Gasteiger partial charge in [-0.3, -0.25) is 9.59 Å². The molecule has 0 radical (unpaired) electrons. The van der Waals surface area contributed by atoms with Gasteiger partial charge in [-0.25, -0.2) is 0 Å². The fourth-order valence-electron chi connectivity index (χ4n) is 2.09. The molecule has 0 bridgehead atoms. The number of thioether (sulfide) groups is 1. The van der Waals surface area contributed by atoms with Crippen molar-refractivity contribution in [3.63, 3.8) is 0 Å². The van der Waals surface area contributed by atoms with Crippen molar-refractivity contribution in [3.05, 3.63) is 46.0 Å². The smallest absolute Gasteiger partial charge is 0.238 e. The molecule has 108 valence electrons. The number of nitrogens with one attached hydrogen (secondary N) is 1. The van der Waals surface area contributed by atoms with Crippen molar-refractivity contribution in [1.29, 1.82) is 5.26 Å². The van der Waals surface area contributed by atoms with Crippen LogP contribution in [-0.2, 0) is 22.4 Å². The molecule has 1 aromatic rings. The third-order valence-electron chi connectivity index (χ3n) is 3.33. The zero-order valence-corrected chi connectivity index (χ0v) is 12.8. The van der Waals surface area contributed by atoms with Gasteiger partial charge in [0.1, 0.15) is 11.6 Å². The van der Waals surface area contributed by atoms with E-state index in [1.54, 1.807) is 0 Å². The lowest BCUT2D eigenvalue weighted by atomic mass is 10.1. The van der Waals surface area contributed by atoms with Crippen LogP contribution in [0.5, 0.6) is 0 Å². The minimum atomic E-state index is -0.326. The number of hydrogen-bond acceptors (Lipinski definition) is 4. The third-order valence-corrected chi connectivity index (χ3v) is 4.54. The van der Waals surface area contributed by atoms with E-state index in [0.29, 0.717) is 11.4 Å². The van der Waals surface area contributed by atoms with Crippen molar-refractivity contribution < 1.29 is 9.59 Å². The highest BCUT2D eigenvalue weighted by Gasteiger charge is 2.32. The quantitative estimate of drug-likeness (QED) is 0.684. The first-order valence-electron chi connectivity index (χ1n) is 6.75. The molecule has 1 fully saturated rings. The van der Waals surface area contributed by atoms with Crippen LogP contribution in [0.25, 0.3) is 0 Å². The summed E-state index contributed by atoms with van der Waals surface area (Å²) in [6.45, 7) is 3.42. The number of carbonyl (C=O) groups is 2. The van der Waals surface area contributed by atoms with E-state index in [1.165, 1.54) is 24.2 Å². The maximum Gasteiger partial charge on any atom is 0.238 e. The zero-order chi connectivity index (χ0) is 15.4. The largest absolute Gasteiger partial charge is 0.318 e. The number of nitriles is 1. The van der Waals surface area contributed by atoms with Gasteiger partial charge in [0.05, 0.1) is 10.3 Å².